The molecule has 0 saturated heterocycles. The van der Waals surface area contributed by atoms with Gasteiger partial charge in [-0.3, -0.25) is 13.6 Å². The summed E-state index contributed by atoms with van der Waals surface area (Å²) >= 11 is 6.07. The second kappa shape index (κ2) is 11.8. The molecule has 35 heavy (non-hydrogen) atoms. The van der Waals surface area contributed by atoms with E-state index in [9.17, 15) is 9.36 Å². The molecule has 0 aliphatic heterocycles. The topological polar surface area (TPSA) is 136 Å². The molecule has 2 aromatic heterocycles. The lowest BCUT2D eigenvalue weighted by molar-refractivity contribution is -0.00802. The van der Waals surface area contributed by atoms with Gasteiger partial charge in [0.1, 0.15) is 6.61 Å². The highest BCUT2D eigenvalue weighted by molar-refractivity contribution is 7.48. The van der Waals surface area contributed by atoms with Crippen LogP contribution in [0.25, 0.3) is 11.2 Å². The number of nitrogens with zero attached hydrogens (tertiary/aromatic N) is 4. The molecular formula is C21H35ClN5O7P. The van der Waals surface area contributed by atoms with E-state index in [4.69, 9.17) is 34.6 Å². The molecule has 198 valence electrons. The molecule has 2 heterocycles. The summed E-state index contributed by atoms with van der Waals surface area (Å²) in [5.74, 6) is -0.0278. The molecule has 0 amide bonds. The third-order valence-electron chi connectivity index (χ3n) is 4.07. The van der Waals surface area contributed by atoms with Crippen LogP contribution in [0.4, 0.5) is 10.6 Å². The number of phosphoric ester groups is 1. The first-order valence-corrected chi connectivity index (χ1v) is 13.0. The molecule has 1 atom stereocenters. The van der Waals surface area contributed by atoms with Crippen LogP contribution in [-0.2, 0) is 34.2 Å². The zero-order valence-electron chi connectivity index (χ0n) is 21.5. The Labute approximate surface area is 210 Å². The number of imidazole rings is 1. The Kier molecular flexibility index (Phi) is 9.89. The minimum Gasteiger partial charge on any atom is -0.435 e. The molecule has 1 N–H and O–H groups in total. The Morgan fingerprint density at radius 2 is 1.74 bits per heavy atom. The second-order valence-corrected chi connectivity index (χ2v) is 11.5. The molecule has 1 unspecified atom stereocenters. The summed E-state index contributed by atoms with van der Waals surface area (Å²) < 4.78 is 42.4. The van der Waals surface area contributed by atoms with Gasteiger partial charge in [0.25, 0.3) is 0 Å². The molecule has 2 aromatic rings. The maximum absolute atomic E-state index is 13.5. The Morgan fingerprint density at radius 3 is 2.29 bits per heavy atom. The monoisotopic (exact) mass is 535 g/mol. The van der Waals surface area contributed by atoms with Crippen LogP contribution in [-0.4, -0.2) is 63.7 Å². The molecule has 2 rings (SSSR count). The minimum absolute atomic E-state index is 0.0424. The van der Waals surface area contributed by atoms with Crippen molar-refractivity contribution >= 4 is 42.6 Å². The number of hydrogen-bond acceptors (Lipinski definition) is 11. The van der Waals surface area contributed by atoms with Gasteiger partial charge in [0, 0.05) is 19.5 Å². The van der Waals surface area contributed by atoms with Crippen molar-refractivity contribution in [3.05, 3.63) is 11.6 Å². The smallest absolute Gasteiger partial charge is 0.435 e. The third-order valence-corrected chi connectivity index (χ3v) is 6.24. The quantitative estimate of drug-likeness (QED) is 0.234. The van der Waals surface area contributed by atoms with Gasteiger partial charge in [-0.05, 0) is 60.1 Å². The van der Waals surface area contributed by atoms with Crippen LogP contribution in [0.5, 0.6) is 0 Å². The first-order valence-electron chi connectivity index (χ1n) is 11.2. The number of carbonyl (C=O) groups excluding carboxylic acids is 1. The maximum Gasteiger partial charge on any atom is 0.508 e. The minimum atomic E-state index is -3.99. The summed E-state index contributed by atoms with van der Waals surface area (Å²) in [6, 6.07) is 0. The fourth-order valence-electron chi connectivity index (χ4n) is 2.94. The van der Waals surface area contributed by atoms with E-state index >= 15 is 0 Å². The van der Waals surface area contributed by atoms with Crippen LogP contribution in [0.3, 0.4) is 0 Å². The van der Waals surface area contributed by atoms with Gasteiger partial charge in [-0.15, -0.1) is 0 Å². The highest BCUT2D eigenvalue weighted by atomic mass is 35.5. The van der Waals surface area contributed by atoms with Crippen molar-refractivity contribution in [1.29, 1.82) is 0 Å². The zero-order valence-corrected chi connectivity index (χ0v) is 23.1. The molecule has 0 radical (unpaired) electrons. The van der Waals surface area contributed by atoms with E-state index in [1.807, 2.05) is 0 Å². The van der Waals surface area contributed by atoms with Crippen LogP contribution in [0.15, 0.2) is 6.33 Å². The Bertz CT molecular complexity index is 1030. The number of aromatic nitrogens is 4. The Morgan fingerprint density at radius 1 is 1.11 bits per heavy atom. The average Bonchev–Trinajstić information content (AvgIpc) is 3.09. The lowest BCUT2D eigenvalue weighted by Gasteiger charge is -2.31. The number of carbonyl (C=O) groups is 1. The summed E-state index contributed by atoms with van der Waals surface area (Å²) in [6.07, 6.45) is 0.737. The number of halogens is 1. The summed E-state index contributed by atoms with van der Waals surface area (Å²) in [5.41, 5.74) is -0.610. The van der Waals surface area contributed by atoms with Gasteiger partial charge in [0.15, 0.2) is 17.0 Å². The van der Waals surface area contributed by atoms with Crippen LogP contribution >= 0.6 is 19.4 Å². The van der Waals surface area contributed by atoms with Crippen LogP contribution in [0, 0.1) is 5.92 Å². The Balaban J connectivity index is 2.30. The number of fused-ring (bicyclic) bond motifs is 1. The van der Waals surface area contributed by atoms with Crippen molar-refractivity contribution in [3.63, 3.8) is 0 Å². The summed E-state index contributed by atoms with van der Waals surface area (Å²) in [6.45, 7) is 12.3. The standard InChI is InChI=1S/C21H35ClN5O7P/c1-9-30-19(28)31-11-14(12-32-35(29,33-20(2,3)4)34-21(5,6)7)10-27-13-24-15-16(23-8)25-18(22)26-17(15)27/h13-14H,9-12H2,1-8H3,(H,23,25,26). The zero-order chi connectivity index (χ0) is 26.4. The van der Waals surface area contributed by atoms with Crippen molar-refractivity contribution in [2.24, 2.45) is 5.92 Å². The van der Waals surface area contributed by atoms with E-state index in [2.05, 4.69) is 20.3 Å². The summed E-state index contributed by atoms with van der Waals surface area (Å²) in [5, 5.41) is 2.97. The molecule has 0 bridgehead atoms. The van der Waals surface area contributed by atoms with Gasteiger partial charge in [-0.25, -0.2) is 14.3 Å². The molecule has 14 heteroatoms. The highest BCUT2D eigenvalue weighted by Gasteiger charge is 2.38. The number of anilines is 1. The van der Waals surface area contributed by atoms with Gasteiger partial charge >= 0.3 is 14.0 Å². The van der Waals surface area contributed by atoms with Crippen LogP contribution in [0.1, 0.15) is 48.5 Å². The number of hydrogen-bond donors (Lipinski definition) is 1. The van der Waals surface area contributed by atoms with Gasteiger partial charge in [-0.2, -0.15) is 9.97 Å². The second-order valence-electron chi connectivity index (χ2n) is 9.67. The first kappa shape index (κ1) is 29.3. The predicted octanol–water partition coefficient (Wildman–Crippen LogP) is 5.07. The van der Waals surface area contributed by atoms with Crippen molar-refractivity contribution in [2.75, 3.05) is 32.2 Å². The van der Waals surface area contributed by atoms with E-state index in [-0.39, 0.29) is 31.6 Å². The van der Waals surface area contributed by atoms with Gasteiger partial charge in [0.05, 0.1) is 30.7 Å². The number of phosphoric acid groups is 1. The number of rotatable bonds is 11. The molecule has 0 aliphatic carbocycles. The molecule has 12 nitrogen and oxygen atoms in total. The van der Waals surface area contributed by atoms with Crippen molar-refractivity contribution in [3.8, 4) is 0 Å². The van der Waals surface area contributed by atoms with Crippen molar-refractivity contribution in [1.82, 2.24) is 19.5 Å². The van der Waals surface area contributed by atoms with Crippen LogP contribution in [0.2, 0.25) is 5.28 Å². The molecule has 0 aliphatic rings. The van der Waals surface area contributed by atoms with Gasteiger partial charge in [-0.1, -0.05) is 0 Å². The largest absolute Gasteiger partial charge is 0.508 e. The van der Waals surface area contributed by atoms with Crippen molar-refractivity contribution in [2.45, 2.75) is 66.2 Å². The lowest BCUT2D eigenvalue weighted by Crippen LogP contribution is -2.28. The molecular weight excluding hydrogens is 501 g/mol. The van der Waals surface area contributed by atoms with Gasteiger partial charge < -0.3 is 19.4 Å². The van der Waals surface area contributed by atoms with Crippen LogP contribution < -0.4 is 5.32 Å². The first-order chi connectivity index (χ1) is 16.1. The lowest BCUT2D eigenvalue weighted by atomic mass is 10.2. The maximum atomic E-state index is 13.5. The van der Waals surface area contributed by atoms with Crippen molar-refractivity contribution < 1.29 is 32.4 Å². The molecule has 0 saturated carbocycles. The Hall–Kier alpha value is -1.98. The normalized spacial score (nSPS) is 13.6. The fraction of sp³-hybridized carbons (Fsp3) is 0.714. The van der Waals surface area contributed by atoms with E-state index in [0.29, 0.717) is 17.0 Å². The third kappa shape index (κ3) is 9.53. The van der Waals surface area contributed by atoms with E-state index in [0.717, 1.165) is 0 Å². The van der Waals surface area contributed by atoms with E-state index in [1.54, 1.807) is 66.4 Å². The summed E-state index contributed by atoms with van der Waals surface area (Å²) in [7, 11) is -2.29. The van der Waals surface area contributed by atoms with Gasteiger partial charge in [0.2, 0.25) is 5.28 Å². The SMILES string of the molecule is CCOC(=O)OCC(COP(=O)(OC(C)(C)C)OC(C)(C)C)Cn1cnc2c(NC)nc(Cl)nc21. The highest BCUT2D eigenvalue weighted by Crippen LogP contribution is 2.55. The molecule has 0 spiro atoms. The predicted molar refractivity (Wildman–Crippen MR) is 132 cm³/mol. The average molecular weight is 536 g/mol. The van der Waals surface area contributed by atoms with E-state index < -0.39 is 31.1 Å². The number of ether oxygens (including phenoxy) is 2. The molecule has 0 fully saturated rings. The summed E-state index contributed by atoms with van der Waals surface area (Å²) in [4.78, 5) is 24.5. The van der Waals surface area contributed by atoms with E-state index in [1.165, 1.54) is 0 Å². The fourth-order valence-corrected chi connectivity index (χ4v) is 4.98. The number of nitrogens with one attached hydrogen (secondary N) is 1. The molecule has 0 aromatic carbocycles.